The molecule has 1 aromatic heterocycles. The van der Waals surface area contributed by atoms with Crippen LogP contribution in [-0.2, 0) is 16.2 Å². The Morgan fingerprint density at radius 1 is 0.767 bits per heavy atom. The zero-order valence-electron chi connectivity index (χ0n) is 34.4. The van der Waals surface area contributed by atoms with Gasteiger partial charge in [-0.15, -0.1) is 5.48 Å². The summed E-state index contributed by atoms with van der Waals surface area (Å²) in [5, 5.41) is 3.14. The minimum absolute atomic E-state index is 0.0280. The number of benzene rings is 5. The van der Waals surface area contributed by atoms with E-state index in [-0.39, 0.29) is 17.1 Å². The molecule has 6 aromatic rings. The molecule has 5 aromatic carbocycles. The van der Waals surface area contributed by atoms with E-state index in [1.165, 1.54) is 12.1 Å². The van der Waals surface area contributed by atoms with Crippen LogP contribution in [0.1, 0.15) is 96.2 Å². The quantitative estimate of drug-likeness (QED) is 0.0594. The summed E-state index contributed by atoms with van der Waals surface area (Å²) in [5.74, 6) is -1.39. The number of unbranched alkanes of at least 4 members (excludes halogenated alkanes) is 1. The lowest BCUT2D eigenvalue weighted by molar-refractivity contribution is -0.154. The number of rotatable bonds is 16. The first-order valence-corrected chi connectivity index (χ1v) is 19.9. The Bertz CT molecular complexity index is 2520. The third-order valence-corrected chi connectivity index (χ3v) is 10.8. The molecule has 0 spiro atoms. The first-order valence-electron chi connectivity index (χ1n) is 19.9. The number of nitrogens with one attached hydrogen (secondary N) is 1. The van der Waals surface area contributed by atoms with Gasteiger partial charge >= 0.3 is 18.3 Å². The Morgan fingerprint density at radius 2 is 1.43 bits per heavy atom. The second-order valence-corrected chi connectivity index (χ2v) is 15.4. The number of aromatic nitrogens is 1. The molecule has 2 atom stereocenters. The molecule has 0 saturated carbocycles. The molecule has 1 heterocycles. The molecule has 318 valence electrons. The Hall–Kier alpha value is -5.56. The summed E-state index contributed by atoms with van der Waals surface area (Å²) in [6, 6.07) is 21.4. The zero-order chi connectivity index (χ0) is 43.5. The minimum Gasteiger partial charge on any atom is -0.484 e. The summed E-state index contributed by atoms with van der Waals surface area (Å²) in [4.78, 5) is 32.1. The van der Waals surface area contributed by atoms with Gasteiger partial charge in [-0.3, -0.25) is 9.59 Å². The maximum Gasteiger partial charge on any atom is 0.422 e. The Labute approximate surface area is 344 Å². The van der Waals surface area contributed by atoms with Gasteiger partial charge in [-0.05, 0) is 85.5 Å². The number of hydroxylamine groups is 1. The normalized spacial score (nSPS) is 13.2. The summed E-state index contributed by atoms with van der Waals surface area (Å²) in [6.45, 7) is 8.52. The van der Waals surface area contributed by atoms with Crippen LogP contribution in [0.2, 0.25) is 0 Å². The molecule has 0 bridgehead atoms. The highest BCUT2D eigenvalue weighted by Gasteiger charge is 2.32. The average molecular weight is 835 g/mol. The molecule has 1 N–H and O–H groups in total. The highest BCUT2D eigenvalue weighted by molar-refractivity contribution is 6.26. The van der Waals surface area contributed by atoms with Crippen molar-refractivity contribution in [3.05, 3.63) is 118 Å². The number of ether oxygens (including phenoxy) is 2. The van der Waals surface area contributed by atoms with E-state index in [2.05, 4.69) is 23.9 Å². The van der Waals surface area contributed by atoms with Crippen molar-refractivity contribution in [2.75, 3.05) is 13.2 Å². The number of hydrogen-bond acceptors (Lipinski definition) is 6. The lowest BCUT2D eigenvalue weighted by Crippen LogP contribution is -2.26. The van der Waals surface area contributed by atoms with Crippen molar-refractivity contribution in [1.82, 2.24) is 10.0 Å². The smallest absolute Gasteiger partial charge is 0.422 e. The van der Waals surface area contributed by atoms with Crippen LogP contribution >= 0.6 is 0 Å². The highest BCUT2D eigenvalue weighted by atomic mass is 19.4. The summed E-state index contributed by atoms with van der Waals surface area (Å²) >= 11 is 0. The van der Waals surface area contributed by atoms with Crippen molar-refractivity contribution in [1.29, 1.82) is 0 Å². The number of alkyl halides is 6. The fraction of sp³-hybridized carbons (Fsp3) is 0.362. The monoisotopic (exact) mass is 834 g/mol. The fourth-order valence-corrected chi connectivity index (χ4v) is 8.13. The SMILES string of the molecule is CCCCC(CC)Cn1c2ccc(C(NOC(C)=O)c3ccc(OCC(F)(F)F)cc3OCC(F)(F)F)cc2c2cc(C(=O)c3c(C)cc(C)cc3C)c3ccccc3c21. The molecule has 0 radical (unpaired) electrons. The van der Waals surface area contributed by atoms with Crippen LogP contribution in [0.25, 0.3) is 32.6 Å². The largest absolute Gasteiger partial charge is 0.484 e. The summed E-state index contributed by atoms with van der Waals surface area (Å²) in [5.41, 5.74) is 8.72. The van der Waals surface area contributed by atoms with E-state index >= 15 is 0 Å². The van der Waals surface area contributed by atoms with Gasteiger partial charge in [0.15, 0.2) is 19.0 Å². The predicted molar refractivity (Wildman–Crippen MR) is 221 cm³/mol. The van der Waals surface area contributed by atoms with E-state index in [4.69, 9.17) is 14.3 Å². The van der Waals surface area contributed by atoms with E-state index in [0.717, 1.165) is 87.9 Å². The zero-order valence-corrected chi connectivity index (χ0v) is 34.4. The van der Waals surface area contributed by atoms with Crippen molar-refractivity contribution in [3.8, 4) is 11.5 Å². The van der Waals surface area contributed by atoms with E-state index in [9.17, 15) is 35.9 Å². The van der Waals surface area contributed by atoms with Crippen LogP contribution in [0.15, 0.2) is 78.9 Å². The van der Waals surface area contributed by atoms with Crippen molar-refractivity contribution >= 4 is 44.3 Å². The number of nitrogens with zero attached hydrogens (tertiary/aromatic N) is 1. The number of fused-ring (bicyclic) bond motifs is 5. The Kier molecular flexibility index (Phi) is 13.2. The van der Waals surface area contributed by atoms with Crippen molar-refractivity contribution in [3.63, 3.8) is 0 Å². The third-order valence-electron chi connectivity index (χ3n) is 10.8. The second-order valence-electron chi connectivity index (χ2n) is 15.4. The lowest BCUT2D eigenvalue weighted by atomic mass is 9.89. The van der Waals surface area contributed by atoms with E-state index < -0.39 is 43.3 Å². The van der Waals surface area contributed by atoms with Gasteiger partial charge in [0.25, 0.3) is 0 Å². The van der Waals surface area contributed by atoms with Crippen LogP contribution in [0.3, 0.4) is 0 Å². The molecule has 7 nitrogen and oxygen atoms in total. The molecule has 0 amide bonds. The van der Waals surface area contributed by atoms with Crippen LogP contribution in [-0.4, -0.2) is 41.9 Å². The maximum atomic E-state index is 14.7. The van der Waals surface area contributed by atoms with Crippen molar-refractivity contribution in [2.24, 2.45) is 5.92 Å². The first kappa shape index (κ1) is 44.0. The molecule has 13 heteroatoms. The van der Waals surface area contributed by atoms with E-state index in [0.29, 0.717) is 29.2 Å². The number of hydrogen-bond donors (Lipinski definition) is 1. The first-order chi connectivity index (χ1) is 28.4. The van der Waals surface area contributed by atoms with E-state index in [1.54, 1.807) is 6.07 Å². The molecule has 60 heavy (non-hydrogen) atoms. The molecule has 0 aliphatic carbocycles. The molecule has 0 saturated heterocycles. The third kappa shape index (κ3) is 9.89. The summed E-state index contributed by atoms with van der Waals surface area (Å²) in [6.07, 6.45) is -5.47. The van der Waals surface area contributed by atoms with Gasteiger partial charge in [0.05, 0.1) is 11.6 Å². The number of carbonyl (C=O) groups is 2. The molecule has 0 fully saturated rings. The van der Waals surface area contributed by atoms with Crippen molar-refractivity contribution in [2.45, 2.75) is 92.2 Å². The van der Waals surface area contributed by atoms with Gasteiger partial charge < -0.3 is 18.9 Å². The average Bonchev–Trinajstić information content (AvgIpc) is 3.49. The van der Waals surface area contributed by atoms with Gasteiger partial charge in [-0.25, -0.2) is 0 Å². The Balaban J connectivity index is 1.62. The van der Waals surface area contributed by atoms with Gasteiger partial charge in [-0.2, -0.15) is 26.3 Å². The number of halogens is 6. The van der Waals surface area contributed by atoms with Crippen LogP contribution in [0.4, 0.5) is 26.3 Å². The summed E-state index contributed by atoms with van der Waals surface area (Å²) in [7, 11) is 0. The van der Waals surface area contributed by atoms with Crippen LogP contribution in [0, 0.1) is 26.7 Å². The van der Waals surface area contributed by atoms with Gasteiger partial charge in [0.2, 0.25) is 0 Å². The van der Waals surface area contributed by atoms with Crippen LogP contribution in [0.5, 0.6) is 11.5 Å². The van der Waals surface area contributed by atoms with Gasteiger partial charge in [0, 0.05) is 57.9 Å². The molecular weight excluding hydrogens is 787 g/mol. The Morgan fingerprint density at radius 3 is 2.07 bits per heavy atom. The number of ketones is 1. The fourth-order valence-electron chi connectivity index (χ4n) is 8.13. The molecule has 6 rings (SSSR count). The molecule has 2 unspecified atom stereocenters. The topological polar surface area (TPSA) is 78.8 Å². The second kappa shape index (κ2) is 18.0. The molecular formula is C47H48F6N2O5. The molecule has 0 aliphatic rings. The van der Waals surface area contributed by atoms with Gasteiger partial charge in [0.1, 0.15) is 11.5 Å². The van der Waals surface area contributed by atoms with E-state index in [1.807, 2.05) is 75.4 Å². The highest BCUT2D eigenvalue weighted by Crippen LogP contribution is 2.41. The van der Waals surface area contributed by atoms with Crippen molar-refractivity contribution < 1.29 is 50.2 Å². The maximum absolute atomic E-state index is 14.7. The lowest BCUT2D eigenvalue weighted by Gasteiger charge is -2.23. The van der Waals surface area contributed by atoms with Gasteiger partial charge in [-0.1, -0.05) is 81.1 Å². The predicted octanol–water partition coefficient (Wildman–Crippen LogP) is 12.4. The number of aryl methyl sites for hydroxylation is 3. The standard InChI is InChI=1S/C47H48F6N2O5/c1-7-9-12-31(8-2)24-55-40-18-15-32(43(54-60-30(6)56)36-17-16-33(58-25-46(48,49)50)22-41(36)59-26-47(51,52)53)21-37(40)38-23-39(34-13-10-11-14-35(34)44(38)55)45(57)42-28(4)19-27(3)20-29(42)5/h10-11,13-23,31,43,54H,7-9,12,24-26H2,1-6H3. The molecule has 0 aliphatic heterocycles. The summed E-state index contributed by atoms with van der Waals surface area (Å²) < 4.78 is 92.0. The minimum atomic E-state index is -4.79. The number of carbonyl (C=O) groups excluding carboxylic acids is 2. The van der Waals surface area contributed by atoms with Crippen LogP contribution < -0.4 is 15.0 Å².